The van der Waals surface area contributed by atoms with E-state index in [2.05, 4.69) is 25.5 Å². The third-order valence-electron chi connectivity index (χ3n) is 3.12. The molecule has 142 valence electrons. The fourth-order valence-electron chi connectivity index (χ4n) is 1.86. The van der Waals surface area contributed by atoms with Crippen molar-refractivity contribution in [3.8, 4) is 11.4 Å². The Labute approximate surface area is 146 Å². The molecule has 2 rings (SSSR count). The molecule has 0 saturated heterocycles. The zero-order valence-electron chi connectivity index (χ0n) is 13.7. The average molecular weight is 374 g/mol. The number of hydrogen-bond acceptors (Lipinski definition) is 7. The highest BCUT2D eigenvalue weighted by Crippen LogP contribution is 2.29. The van der Waals surface area contributed by atoms with Gasteiger partial charge in [-0.05, 0) is 19.1 Å². The van der Waals surface area contributed by atoms with Gasteiger partial charge in [0, 0.05) is 23.7 Å². The minimum atomic E-state index is -4.71. The lowest BCUT2D eigenvalue weighted by Gasteiger charge is -2.14. The normalized spacial score (nSPS) is 12.8. The maximum absolute atomic E-state index is 12.5. The molecule has 8 nitrogen and oxygen atoms in total. The van der Waals surface area contributed by atoms with Crippen LogP contribution in [-0.4, -0.2) is 47.0 Å². The second-order valence-corrected chi connectivity index (χ2v) is 5.30. The molecule has 0 aliphatic carbocycles. The van der Waals surface area contributed by atoms with Gasteiger partial charge in [0.25, 0.3) is 5.91 Å². The van der Waals surface area contributed by atoms with E-state index >= 15 is 0 Å². The monoisotopic (exact) mass is 374 g/mol. The second-order valence-electron chi connectivity index (χ2n) is 5.30. The van der Waals surface area contributed by atoms with Crippen molar-refractivity contribution in [1.82, 2.24) is 20.9 Å². The predicted molar refractivity (Wildman–Crippen MR) is 82.7 cm³/mol. The van der Waals surface area contributed by atoms with Crippen LogP contribution in [0.25, 0.3) is 11.4 Å². The number of aliphatic hydroxyl groups excluding tert-OH is 1. The number of nitrogens with zero attached hydrogens (tertiary/aromatic N) is 2. The number of hydrogen-bond donors (Lipinski definition) is 3. The first-order valence-electron chi connectivity index (χ1n) is 7.59. The Kier molecular flexibility index (Phi) is 6.66. The van der Waals surface area contributed by atoms with Gasteiger partial charge in [-0.1, -0.05) is 17.3 Å². The summed E-state index contributed by atoms with van der Waals surface area (Å²) in [5.74, 6) is -2.01. The van der Waals surface area contributed by atoms with Gasteiger partial charge in [0.1, 0.15) is 0 Å². The minimum absolute atomic E-state index is 0.122. The smallest absolute Gasteiger partial charge is 0.394 e. The van der Waals surface area contributed by atoms with E-state index in [0.29, 0.717) is 5.56 Å². The maximum atomic E-state index is 12.5. The molecule has 0 bridgehead atoms. The van der Waals surface area contributed by atoms with Crippen LogP contribution in [0, 0.1) is 0 Å². The topological polar surface area (TPSA) is 110 Å². The number of aromatic nitrogens is 2. The fourth-order valence-corrected chi connectivity index (χ4v) is 1.86. The summed E-state index contributed by atoms with van der Waals surface area (Å²) >= 11 is 0. The predicted octanol–water partition coefficient (Wildman–Crippen LogP) is 1.39. The van der Waals surface area contributed by atoms with Crippen molar-refractivity contribution in [3.63, 3.8) is 0 Å². The first-order valence-corrected chi connectivity index (χ1v) is 7.59. The molecule has 1 atom stereocenters. The summed E-state index contributed by atoms with van der Waals surface area (Å²) in [6.07, 6.45) is -4.71. The summed E-state index contributed by atoms with van der Waals surface area (Å²) in [6, 6.07) is 5.53. The minimum Gasteiger partial charge on any atom is -0.394 e. The van der Waals surface area contributed by atoms with E-state index in [1.807, 2.05) is 0 Å². The van der Waals surface area contributed by atoms with Gasteiger partial charge >= 0.3 is 12.1 Å². The van der Waals surface area contributed by atoms with Gasteiger partial charge < -0.3 is 14.9 Å². The van der Waals surface area contributed by atoms with Crippen LogP contribution in [0.2, 0.25) is 0 Å². The van der Waals surface area contributed by atoms with Crippen molar-refractivity contribution < 1.29 is 32.4 Å². The third kappa shape index (κ3) is 5.51. The van der Waals surface area contributed by atoms with Gasteiger partial charge in [-0.15, -0.1) is 0 Å². The van der Waals surface area contributed by atoms with Gasteiger partial charge in [0.15, 0.2) is 0 Å². The Bertz CT molecular complexity index is 718. The van der Waals surface area contributed by atoms with Crippen molar-refractivity contribution in [2.45, 2.75) is 19.1 Å². The largest absolute Gasteiger partial charge is 0.471 e. The second kappa shape index (κ2) is 8.74. The molecule has 1 heterocycles. The zero-order chi connectivity index (χ0) is 19.2. The van der Waals surface area contributed by atoms with Gasteiger partial charge in [0.05, 0.1) is 13.2 Å². The fraction of sp³-hybridized carbons (Fsp3) is 0.400. The summed E-state index contributed by atoms with van der Waals surface area (Å²) in [5.41, 5.74) is 3.24. The van der Waals surface area contributed by atoms with Crippen molar-refractivity contribution >= 4 is 5.91 Å². The standard InChI is InChI=1S/C15H17F3N4O4/c1-9(21-25-7-6-23)8-19-13(24)11-4-2-10(3-5-11)12-20-14(26-22-12)15(16,17)18/h2-5,9,21,23H,6-8H2,1H3,(H,19,24). The van der Waals surface area contributed by atoms with E-state index in [-0.39, 0.29) is 43.1 Å². The van der Waals surface area contributed by atoms with Crippen molar-refractivity contribution in [2.75, 3.05) is 19.8 Å². The highest BCUT2D eigenvalue weighted by atomic mass is 19.4. The molecule has 0 aliphatic heterocycles. The van der Waals surface area contributed by atoms with Gasteiger partial charge in [0.2, 0.25) is 5.82 Å². The molecule has 0 fully saturated rings. The summed E-state index contributed by atoms with van der Waals surface area (Å²) in [7, 11) is 0. The average Bonchev–Trinajstić information content (AvgIpc) is 3.10. The van der Waals surface area contributed by atoms with Crippen LogP contribution < -0.4 is 10.8 Å². The van der Waals surface area contributed by atoms with E-state index in [1.54, 1.807) is 6.92 Å². The molecule has 0 saturated carbocycles. The third-order valence-corrected chi connectivity index (χ3v) is 3.12. The molecule has 3 N–H and O–H groups in total. The molecule has 0 radical (unpaired) electrons. The number of aliphatic hydroxyl groups is 1. The van der Waals surface area contributed by atoms with E-state index in [1.165, 1.54) is 24.3 Å². The zero-order valence-corrected chi connectivity index (χ0v) is 13.7. The van der Waals surface area contributed by atoms with Crippen molar-refractivity contribution in [1.29, 1.82) is 0 Å². The number of alkyl halides is 3. The van der Waals surface area contributed by atoms with E-state index in [0.717, 1.165) is 0 Å². The van der Waals surface area contributed by atoms with Gasteiger partial charge in [-0.2, -0.15) is 23.6 Å². The van der Waals surface area contributed by atoms with Crippen LogP contribution >= 0.6 is 0 Å². The lowest BCUT2D eigenvalue weighted by molar-refractivity contribution is -0.159. The number of carbonyl (C=O) groups is 1. The number of carbonyl (C=O) groups excluding carboxylic acids is 1. The summed E-state index contributed by atoms with van der Waals surface area (Å²) in [4.78, 5) is 20.2. The molecule has 1 unspecified atom stereocenters. The maximum Gasteiger partial charge on any atom is 0.471 e. The van der Waals surface area contributed by atoms with E-state index in [4.69, 9.17) is 9.94 Å². The Balaban J connectivity index is 1.92. The Morgan fingerprint density at radius 2 is 2.04 bits per heavy atom. The SMILES string of the molecule is CC(CNC(=O)c1ccc(-c2noc(C(F)(F)F)n2)cc1)NOCCO. The summed E-state index contributed by atoms with van der Waals surface area (Å²) in [6.45, 7) is 2.05. The Hall–Kier alpha value is -2.50. The number of amides is 1. The quantitative estimate of drug-likeness (QED) is 0.473. The molecule has 26 heavy (non-hydrogen) atoms. The Morgan fingerprint density at radius 1 is 1.35 bits per heavy atom. The molecular weight excluding hydrogens is 357 g/mol. The lowest BCUT2D eigenvalue weighted by atomic mass is 10.1. The van der Waals surface area contributed by atoms with Gasteiger partial charge in [-0.3, -0.25) is 9.63 Å². The van der Waals surface area contributed by atoms with Crippen LogP contribution in [0.4, 0.5) is 13.2 Å². The van der Waals surface area contributed by atoms with E-state index in [9.17, 15) is 18.0 Å². The summed E-state index contributed by atoms with van der Waals surface area (Å²) < 4.78 is 41.5. The van der Waals surface area contributed by atoms with Crippen molar-refractivity contribution in [2.24, 2.45) is 0 Å². The first-order chi connectivity index (χ1) is 12.3. The number of nitrogens with one attached hydrogen (secondary N) is 2. The van der Waals surface area contributed by atoms with Crippen LogP contribution in [0.1, 0.15) is 23.2 Å². The van der Waals surface area contributed by atoms with Gasteiger partial charge in [-0.25, -0.2) is 0 Å². The summed E-state index contributed by atoms with van der Waals surface area (Å²) in [5, 5.41) is 14.5. The molecule has 0 aliphatic rings. The van der Waals surface area contributed by atoms with Crippen LogP contribution in [0.5, 0.6) is 0 Å². The molecular formula is C15H17F3N4O4. The van der Waals surface area contributed by atoms with Crippen LogP contribution in [0.15, 0.2) is 28.8 Å². The number of halogens is 3. The highest BCUT2D eigenvalue weighted by molar-refractivity contribution is 5.94. The van der Waals surface area contributed by atoms with E-state index < -0.39 is 12.1 Å². The molecule has 1 aromatic heterocycles. The highest BCUT2D eigenvalue weighted by Gasteiger charge is 2.38. The van der Waals surface area contributed by atoms with Crippen molar-refractivity contribution in [3.05, 3.63) is 35.7 Å². The molecule has 11 heteroatoms. The lowest BCUT2D eigenvalue weighted by Crippen LogP contribution is -2.39. The van der Waals surface area contributed by atoms with Crippen LogP contribution in [0.3, 0.4) is 0 Å². The number of benzene rings is 1. The number of rotatable bonds is 8. The van der Waals surface area contributed by atoms with Crippen LogP contribution in [-0.2, 0) is 11.0 Å². The number of hydroxylamine groups is 1. The Morgan fingerprint density at radius 3 is 2.62 bits per heavy atom. The molecule has 0 spiro atoms. The molecule has 1 aromatic carbocycles. The molecule has 2 aromatic rings. The first kappa shape index (κ1) is 19.8. The molecule has 1 amide bonds.